The molecule has 0 amide bonds. The minimum Gasteiger partial charge on any atom is -0.490 e. The minimum absolute atomic E-state index is 0.652. The van der Waals surface area contributed by atoms with Gasteiger partial charge in [0, 0.05) is 12.8 Å². The molecule has 0 aromatic heterocycles. The lowest BCUT2D eigenvalue weighted by Crippen LogP contribution is -1.99. The van der Waals surface area contributed by atoms with Crippen LogP contribution in [0.15, 0.2) is 18.2 Å². The van der Waals surface area contributed by atoms with Crippen LogP contribution in [0.5, 0.6) is 11.5 Å². The topological polar surface area (TPSA) is 18.5 Å². The van der Waals surface area contributed by atoms with Crippen LogP contribution in [0.2, 0.25) is 0 Å². The maximum Gasteiger partial charge on any atom is 0.161 e. The summed E-state index contributed by atoms with van der Waals surface area (Å²) in [5.74, 6) is 7.89. The highest BCUT2D eigenvalue weighted by Crippen LogP contribution is 2.28. The Labute approximate surface area is 110 Å². The van der Waals surface area contributed by atoms with Gasteiger partial charge in [0.25, 0.3) is 0 Å². The second kappa shape index (κ2) is 8.47. The number of aryl methyl sites for hydroxylation is 1. The SMILES string of the molecule is CCC#CCCc1ccc(OCC)c(OCC)c1. The van der Waals surface area contributed by atoms with Gasteiger partial charge in [-0.1, -0.05) is 13.0 Å². The summed E-state index contributed by atoms with van der Waals surface area (Å²) >= 11 is 0. The van der Waals surface area contributed by atoms with Crippen molar-refractivity contribution in [3.05, 3.63) is 23.8 Å². The van der Waals surface area contributed by atoms with Crippen LogP contribution in [-0.4, -0.2) is 13.2 Å². The van der Waals surface area contributed by atoms with Crippen molar-refractivity contribution in [2.45, 2.75) is 40.0 Å². The molecule has 0 atom stereocenters. The summed E-state index contributed by atoms with van der Waals surface area (Å²) < 4.78 is 11.1. The van der Waals surface area contributed by atoms with Crippen LogP contribution in [0.3, 0.4) is 0 Å². The molecule has 98 valence electrons. The predicted molar refractivity (Wildman–Crippen MR) is 75.2 cm³/mol. The van der Waals surface area contributed by atoms with E-state index in [-0.39, 0.29) is 0 Å². The average molecular weight is 246 g/mol. The lowest BCUT2D eigenvalue weighted by molar-refractivity contribution is 0.287. The fraction of sp³-hybridized carbons (Fsp3) is 0.500. The first-order chi connectivity index (χ1) is 8.81. The predicted octanol–water partition coefficient (Wildman–Crippen LogP) is 3.83. The molecule has 0 spiro atoms. The third-order valence-electron chi connectivity index (χ3n) is 2.45. The molecule has 0 N–H and O–H groups in total. The molecule has 0 unspecified atom stereocenters. The maximum absolute atomic E-state index is 5.60. The highest BCUT2D eigenvalue weighted by molar-refractivity contribution is 5.43. The molecule has 0 aliphatic carbocycles. The van der Waals surface area contributed by atoms with Crippen molar-refractivity contribution in [3.8, 4) is 23.3 Å². The van der Waals surface area contributed by atoms with Gasteiger partial charge >= 0.3 is 0 Å². The fourth-order valence-corrected chi connectivity index (χ4v) is 1.67. The average Bonchev–Trinajstić information content (AvgIpc) is 2.38. The second-order valence-electron chi connectivity index (χ2n) is 3.85. The van der Waals surface area contributed by atoms with E-state index in [0.717, 1.165) is 30.8 Å². The summed E-state index contributed by atoms with van der Waals surface area (Å²) in [7, 11) is 0. The number of benzene rings is 1. The Hall–Kier alpha value is -1.62. The fourth-order valence-electron chi connectivity index (χ4n) is 1.67. The van der Waals surface area contributed by atoms with Gasteiger partial charge in [0.15, 0.2) is 11.5 Å². The summed E-state index contributed by atoms with van der Waals surface area (Å²) in [6.45, 7) is 7.33. The van der Waals surface area contributed by atoms with Crippen LogP contribution in [0.25, 0.3) is 0 Å². The Morgan fingerprint density at radius 1 is 0.944 bits per heavy atom. The molecule has 0 heterocycles. The highest BCUT2D eigenvalue weighted by Gasteiger charge is 2.05. The Morgan fingerprint density at radius 2 is 1.67 bits per heavy atom. The smallest absolute Gasteiger partial charge is 0.161 e. The van der Waals surface area contributed by atoms with Crippen molar-refractivity contribution < 1.29 is 9.47 Å². The molecule has 1 aromatic carbocycles. The van der Waals surface area contributed by atoms with Crippen molar-refractivity contribution in [1.29, 1.82) is 0 Å². The van der Waals surface area contributed by atoms with E-state index in [2.05, 4.69) is 30.9 Å². The van der Waals surface area contributed by atoms with E-state index in [1.165, 1.54) is 5.56 Å². The molecule has 2 heteroatoms. The zero-order valence-electron chi connectivity index (χ0n) is 11.6. The van der Waals surface area contributed by atoms with Gasteiger partial charge in [-0.2, -0.15) is 0 Å². The third kappa shape index (κ3) is 4.71. The van der Waals surface area contributed by atoms with Crippen LogP contribution in [0, 0.1) is 11.8 Å². The molecular formula is C16H22O2. The van der Waals surface area contributed by atoms with Gasteiger partial charge in [-0.25, -0.2) is 0 Å². The van der Waals surface area contributed by atoms with Gasteiger partial charge in [0.2, 0.25) is 0 Å². The van der Waals surface area contributed by atoms with E-state index in [0.29, 0.717) is 13.2 Å². The van der Waals surface area contributed by atoms with Gasteiger partial charge in [0.05, 0.1) is 13.2 Å². The zero-order valence-corrected chi connectivity index (χ0v) is 11.6. The highest BCUT2D eigenvalue weighted by atomic mass is 16.5. The number of hydrogen-bond donors (Lipinski definition) is 0. The third-order valence-corrected chi connectivity index (χ3v) is 2.45. The number of ether oxygens (including phenoxy) is 2. The van der Waals surface area contributed by atoms with Crippen molar-refractivity contribution in [1.82, 2.24) is 0 Å². The van der Waals surface area contributed by atoms with Crippen molar-refractivity contribution in [2.24, 2.45) is 0 Å². The summed E-state index contributed by atoms with van der Waals surface area (Å²) in [4.78, 5) is 0. The molecule has 0 bridgehead atoms. The van der Waals surface area contributed by atoms with E-state index in [4.69, 9.17) is 9.47 Å². The Balaban J connectivity index is 2.72. The molecule has 0 radical (unpaired) electrons. The van der Waals surface area contributed by atoms with E-state index in [1.807, 2.05) is 19.9 Å². The van der Waals surface area contributed by atoms with Crippen molar-refractivity contribution >= 4 is 0 Å². The monoisotopic (exact) mass is 246 g/mol. The molecule has 1 rings (SSSR count). The van der Waals surface area contributed by atoms with E-state index < -0.39 is 0 Å². The number of rotatable bonds is 6. The molecule has 0 aliphatic rings. The summed E-state index contributed by atoms with van der Waals surface area (Å²) in [5, 5.41) is 0. The molecular weight excluding hydrogens is 224 g/mol. The first-order valence-corrected chi connectivity index (χ1v) is 6.66. The molecule has 18 heavy (non-hydrogen) atoms. The van der Waals surface area contributed by atoms with Crippen LogP contribution < -0.4 is 9.47 Å². The van der Waals surface area contributed by atoms with E-state index >= 15 is 0 Å². The van der Waals surface area contributed by atoms with Crippen molar-refractivity contribution in [3.63, 3.8) is 0 Å². The molecule has 2 nitrogen and oxygen atoms in total. The molecule has 0 saturated heterocycles. The van der Waals surface area contributed by atoms with Gasteiger partial charge in [0.1, 0.15) is 0 Å². The van der Waals surface area contributed by atoms with E-state index in [9.17, 15) is 0 Å². The van der Waals surface area contributed by atoms with Crippen LogP contribution in [0.4, 0.5) is 0 Å². The number of hydrogen-bond acceptors (Lipinski definition) is 2. The lowest BCUT2D eigenvalue weighted by Gasteiger charge is -2.11. The molecule has 0 saturated carbocycles. The Morgan fingerprint density at radius 3 is 2.33 bits per heavy atom. The zero-order chi connectivity index (χ0) is 13.2. The molecule has 0 fully saturated rings. The normalized spacial score (nSPS) is 9.50. The van der Waals surface area contributed by atoms with E-state index in [1.54, 1.807) is 0 Å². The van der Waals surface area contributed by atoms with Crippen molar-refractivity contribution in [2.75, 3.05) is 13.2 Å². The summed E-state index contributed by atoms with van der Waals surface area (Å²) in [5.41, 5.74) is 1.24. The van der Waals surface area contributed by atoms with Crippen LogP contribution in [-0.2, 0) is 6.42 Å². The van der Waals surface area contributed by atoms with Gasteiger partial charge in [-0.3, -0.25) is 0 Å². The van der Waals surface area contributed by atoms with Gasteiger partial charge in [-0.15, -0.1) is 11.8 Å². The Kier molecular flexibility index (Phi) is 6.79. The largest absolute Gasteiger partial charge is 0.490 e. The van der Waals surface area contributed by atoms with Gasteiger partial charge < -0.3 is 9.47 Å². The summed E-state index contributed by atoms with van der Waals surface area (Å²) in [6.07, 6.45) is 2.78. The first kappa shape index (κ1) is 14.4. The van der Waals surface area contributed by atoms with Crippen LogP contribution in [0.1, 0.15) is 39.2 Å². The van der Waals surface area contributed by atoms with Gasteiger partial charge in [-0.05, 0) is 38.0 Å². The Bertz CT molecular complexity index is 413. The lowest BCUT2D eigenvalue weighted by atomic mass is 10.1. The standard InChI is InChI=1S/C16H22O2/c1-4-7-8-9-10-14-11-12-15(17-5-2)16(13-14)18-6-3/h11-13H,4-6,9-10H2,1-3H3. The molecule has 0 aliphatic heterocycles. The molecule has 1 aromatic rings. The first-order valence-electron chi connectivity index (χ1n) is 6.66. The minimum atomic E-state index is 0.652. The second-order valence-corrected chi connectivity index (χ2v) is 3.85. The summed E-state index contributed by atoms with van der Waals surface area (Å²) in [6, 6.07) is 6.13. The maximum atomic E-state index is 5.60. The quantitative estimate of drug-likeness (QED) is 0.710. The van der Waals surface area contributed by atoms with Crippen LogP contribution >= 0.6 is 0 Å².